The van der Waals surface area contributed by atoms with Crippen molar-refractivity contribution in [2.24, 2.45) is 15.7 Å². The van der Waals surface area contributed by atoms with Crippen LogP contribution in [0.1, 0.15) is 10.4 Å². The Kier molecular flexibility index (Phi) is 2.24. The maximum atomic E-state index is 11.8. The fraction of sp³-hybridized carbons (Fsp3) is 0.0909. The monoisotopic (exact) mass is 261 g/mol. The van der Waals surface area contributed by atoms with Gasteiger partial charge in [0.15, 0.2) is 11.2 Å². The van der Waals surface area contributed by atoms with Crippen LogP contribution >= 0.6 is 11.8 Å². The van der Waals surface area contributed by atoms with Gasteiger partial charge in [0.25, 0.3) is 5.91 Å². The number of carboxylic acids is 1. The highest BCUT2D eigenvalue weighted by atomic mass is 32.2. The molecular formula is C11H7N3O3S. The predicted molar refractivity (Wildman–Crippen MR) is 65.6 cm³/mol. The number of carbonyl (C=O) groups excluding carboxylic acids is 1. The Morgan fingerprint density at radius 1 is 1.44 bits per heavy atom. The summed E-state index contributed by atoms with van der Waals surface area (Å²) in [7, 11) is 0. The van der Waals surface area contributed by atoms with Crippen LogP contribution in [0.3, 0.4) is 0 Å². The first kappa shape index (κ1) is 11.0. The molecule has 0 aliphatic carbocycles. The van der Waals surface area contributed by atoms with E-state index in [-0.39, 0.29) is 5.56 Å². The number of fused-ring (bicyclic) bond motifs is 2. The zero-order valence-corrected chi connectivity index (χ0v) is 9.77. The van der Waals surface area contributed by atoms with E-state index >= 15 is 0 Å². The molecule has 3 rings (SSSR count). The van der Waals surface area contributed by atoms with Crippen LogP contribution in [-0.2, 0) is 4.79 Å². The lowest BCUT2D eigenvalue weighted by atomic mass is 10.1. The predicted octanol–water partition coefficient (Wildman–Crippen LogP) is -0.917. The Bertz CT molecular complexity index is 738. The molecule has 1 aromatic rings. The topological polar surface area (TPSA) is 105 Å². The van der Waals surface area contributed by atoms with Gasteiger partial charge in [-0.1, -0.05) is 17.8 Å². The van der Waals surface area contributed by atoms with Crippen LogP contribution in [0.4, 0.5) is 0 Å². The smallest absolute Gasteiger partial charge is 0.335 e. The number of hydrogen-bond acceptors (Lipinski definition) is 5. The third-order valence-electron chi connectivity index (χ3n) is 2.69. The maximum absolute atomic E-state index is 11.8. The summed E-state index contributed by atoms with van der Waals surface area (Å²) in [5, 5.41) is 10.3. The van der Waals surface area contributed by atoms with E-state index in [4.69, 9.17) is 10.8 Å². The summed E-state index contributed by atoms with van der Waals surface area (Å²) in [6, 6.07) is 3.84. The zero-order chi connectivity index (χ0) is 12.9. The van der Waals surface area contributed by atoms with Gasteiger partial charge in [-0.25, -0.2) is 14.8 Å². The van der Waals surface area contributed by atoms with E-state index < -0.39 is 17.9 Å². The van der Waals surface area contributed by atoms with Gasteiger partial charge in [-0.2, -0.15) is 0 Å². The molecule has 0 spiro atoms. The van der Waals surface area contributed by atoms with Crippen LogP contribution in [0, 0.1) is 0 Å². The van der Waals surface area contributed by atoms with E-state index in [1.54, 1.807) is 6.07 Å². The van der Waals surface area contributed by atoms with Crippen molar-refractivity contribution in [2.75, 3.05) is 0 Å². The number of benzene rings is 1. The van der Waals surface area contributed by atoms with Crippen LogP contribution in [-0.4, -0.2) is 28.2 Å². The van der Waals surface area contributed by atoms with Crippen molar-refractivity contribution in [3.05, 3.63) is 34.3 Å². The summed E-state index contributed by atoms with van der Waals surface area (Å²) in [5.41, 5.74) is 5.69. The van der Waals surface area contributed by atoms with Gasteiger partial charge in [-0.15, -0.1) is 0 Å². The molecule has 1 unspecified atom stereocenters. The first-order chi connectivity index (χ1) is 8.56. The molecule has 90 valence electrons. The SMILES string of the molecule is NC1=NC2C(=O)N=c3cc(C(=O)O)ccc3=C2S1. The van der Waals surface area contributed by atoms with Gasteiger partial charge in [0.2, 0.25) is 0 Å². The molecule has 0 saturated heterocycles. The van der Waals surface area contributed by atoms with Crippen molar-refractivity contribution in [2.45, 2.75) is 6.04 Å². The number of carbonyl (C=O) groups is 2. The number of amidine groups is 1. The van der Waals surface area contributed by atoms with E-state index in [0.717, 1.165) is 10.1 Å². The normalized spacial score (nSPS) is 20.9. The molecule has 1 aromatic carbocycles. The van der Waals surface area contributed by atoms with E-state index in [0.29, 0.717) is 10.5 Å². The Hall–Kier alpha value is -2.15. The third-order valence-corrected chi connectivity index (χ3v) is 3.67. The summed E-state index contributed by atoms with van der Waals surface area (Å²) >= 11 is 1.23. The Labute approximate surface area is 105 Å². The van der Waals surface area contributed by atoms with Gasteiger partial charge in [0, 0.05) is 10.1 Å². The number of nitrogens with two attached hydrogens (primary N) is 1. The van der Waals surface area contributed by atoms with Crippen molar-refractivity contribution >= 4 is 33.7 Å². The molecule has 1 atom stereocenters. The average molecular weight is 261 g/mol. The molecule has 6 nitrogen and oxygen atoms in total. The highest BCUT2D eigenvalue weighted by Gasteiger charge is 2.32. The molecule has 7 heteroatoms. The molecule has 2 aliphatic rings. The first-order valence-corrected chi connectivity index (χ1v) is 5.89. The van der Waals surface area contributed by atoms with Crippen molar-refractivity contribution in [1.29, 1.82) is 0 Å². The van der Waals surface area contributed by atoms with Gasteiger partial charge >= 0.3 is 5.97 Å². The zero-order valence-electron chi connectivity index (χ0n) is 8.95. The molecule has 2 aliphatic heterocycles. The van der Waals surface area contributed by atoms with E-state index in [9.17, 15) is 9.59 Å². The first-order valence-electron chi connectivity index (χ1n) is 5.07. The minimum Gasteiger partial charge on any atom is -0.478 e. The summed E-state index contributed by atoms with van der Waals surface area (Å²) in [6.07, 6.45) is 0. The highest BCUT2D eigenvalue weighted by Crippen LogP contribution is 2.30. The average Bonchev–Trinajstić information content (AvgIpc) is 2.71. The van der Waals surface area contributed by atoms with Crippen molar-refractivity contribution < 1.29 is 14.7 Å². The number of carboxylic acid groups (broad SMARTS) is 1. The standard InChI is InChI=1S/C11H7N3O3S/c12-11-14-7-8(18-11)5-2-1-4(10(16)17)3-6(5)13-9(7)15/h1-3,7H,(H2,12,14)(H,16,17). The van der Waals surface area contributed by atoms with Crippen LogP contribution in [0.2, 0.25) is 0 Å². The number of amides is 1. The van der Waals surface area contributed by atoms with Gasteiger partial charge in [0.05, 0.1) is 10.9 Å². The lowest BCUT2D eigenvalue weighted by Crippen LogP contribution is -2.38. The van der Waals surface area contributed by atoms with Crippen LogP contribution < -0.4 is 16.3 Å². The second-order valence-corrected chi connectivity index (χ2v) is 4.89. The minimum absolute atomic E-state index is 0.0984. The number of aromatic carboxylic acids is 1. The Balaban J connectivity index is 2.31. The summed E-state index contributed by atoms with van der Waals surface area (Å²) in [4.78, 5) is 31.2. The molecule has 1 amide bonds. The number of hydrogen-bond donors (Lipinski definition) is 2. The third kappa shape index (κ3) is 1.52. The van der Waals surface area contributed by atoms with Crippen molar-refractivity contribution in [3.63, 3.8) is 0 Å². The fourth-order valence-corrected chi connectivity index (χ4v) is 2.83. The van der Waals surface area contributed by atoms with Crippen LogP contribution in [0.25, 0.3) is 4.91 Å². The summed E-state index contributed by atoms with van der Waals surface area (Å²) in [5.74, 6) is -1.46. The van der Waals surface area contributed by atoms with Gasteiger partial charge < -0.3 is 10.8 Å². The number of aliphatic imine (C=N–C) groups is 1. The fourth-order valence-electron chi connectivity index (χ4n) is 1.90. The second kappa shape index (κ2) is 3.67. The van der Waals surface area contributed by atoms with Crippen LogP contribution in [0.5, 0.6) is 0 Å². The van der Waals surface area contributed by atoms with E-state index in [1.807, 2.05) is 0 Å². The lowest BCUT2D eigenvalue weighted by Gasteiger charge is -2.09. The highest BCUT2D eigenvalue weighted by molar-refractivity contribution is 8.21. The summed E-state index contributed by atoms with van der Waals surface area (Å²) < 4.78 is 0. The molecule has 2 heterocycles. The van der Waals surface area contributed by atoms with E-state index in [2.05, 4.69) is 9.98 Å². The van der Waals surface area contributed by atoms with Gasteiger partial charge in [-0.05, 0) is 12.1 Å². The quantitative estimate of drug-likeness (QED) is 0.680. The number of rotatable bonds is 1. The Morgan fingerprint density at radius 2 is 2.22 bits per heavy atom. The summed E-state index contributed by atoms with van der Waals surface area (Å²) in [6.45, 7) is 0. The molecule has 0 saturated carbocycles. The molecule has 3 N–H and O–H groups in total. The molecule has 0 aromatic heterocycles. The molecule has 0 radical (unpaired) electrons. The van der Waals surface area contributed by atoms with Gasteiger partial charge in [0.1, 0.15) is 0 Å². The lowest BCUT2D eigenvalue weighted by molar-refractivity contribution is -0.118. The molecular weight excluding hydrogens is 254 g/mol. The van der Waals surface area contributed by atoms with E-state index in [1.165, 1.54) is 23.9 Å². The largest absolute Gasteiger partial charge is 0.478 e. The molecule has 0 fully saturated rings. The minimum atomic E-state index is -1.05. The molecule has 18 heavy (non-hydrogen) atoms. The number of thioether (sulfide) groups is 1. The van der Waals surface area contributed by atoms with Crippen molar-refractivity contribution in [1.82, 2.24) is 0 Å². The molecule has 0 bridgehead atoms. The number of nitrogens with zero attached hydrogens (tertiary/aromatic N) is 2. The second-order valence-electron chi connectivity index (χ2n) is 3.82. The van der Waals surface area contributed by atoms with Gasteiger partial charge in [-0.3, -0.25) is 4.79 Å². The Morgan fingerprint density at radius 3 is 2.94 bits per heavy atom. The van der Waals surface area contributed by atoms with Crippen LogP contribution in [0.15, 0.2) is 28.2 Å². The maximum Gasteiger partial charge on any atom is 0.335 e. The van der Waals surface area contributed by atoms with Crippen molar-refractivity contribution in [3.8, 4) is 0 Å².